The highest BCUT2D eigenvalue weighted by molar-refractivity contribution is 7.13. The fraction of sp³-hybridized carbons (Fsp3) is 0.286. The van der Waals surface area contributed by atoms with E-state index in [1.807, 2.05) is 22.4 Å². The van der Waals surface area contributed by atoms with Crippen LogP contribution >= 0.6 is 11.3 Å². The highest BCUT2D eigenvalue weighted by Crippen LogP contribution is 2.25. The van der Waals surface area contributed by atoms with Gasteiger partial charge in [0.05, 0.1) is 0 Å². The van der Waals surface area contributed by atoms with Gasteiger partial charge in [-0.3, -0.25) is 9.78 Å². The Bertz CT molecular complexity index is 940. The molecule has 138 valence electrons. The molecule has 0 aliphatic carbocycles. The van der Waals surface area contributed by atoms with Crippen LogP contribution in [0, 0.1) is 6.92 Å². The Morgan fingerprint density at radius 1 is 1.19 bits per heavy atom. The minimum absolute atomic E-state index is 0.0160. The number of pyridine rings is 1. The second-order valence-corrected chi connectivity index (χ2v) is 7.76. The predicted molar refractivity (Wildman–Crippen MR) is 109 cm³/mol. The highest BCUT2D eigenvalue weighted by Gasteiger charge is 2.28. The van der Waals surface area contributed by atoms with Crippen molar-refractivity contribution in [2.45, 2.75) is 19.9 Å². The molecule has 5 nitrogen and oxygen atoms in total. The van der Waals surface area contributed by atoms with E-state index in [2.05, 4.69) is 53.0 Å². The number of thiazole rings is 1. The summed E-state index contributed by atoms with van der Waals surface area (Å²) in [6, 6.07) is 12.6. The molecule has 3 heterocycles. The van der Waals surface area contributed by atoms with E-state index in [0.717, 1.165) is 17.1 Å². The lowest BCUT2D eigenvalue weighted by Gasteiger charge is -2.41. The lowest BCUT2D eigenvalue weighted by Crippen LogP contribution is -2.53. The van der Waals surface area contributed by atoms with Gasteiger partial charge in [0.15, 0.2) is 0 Å². The number of rotatable bonds is 3. The van der Waals surface area contributed by atoms with Crippen molar-refractivity contribution in [2.24, 2.45) is 0 Å². The first-order valence-corrected chi connectivity index (χ1v) is 9.98. The summed E-state index contributed by atoms with van der Waals surface area (Å²) in [4.78, 5) is 25.8. The number of aryl methyl sites for hydroxylation is 1. The van der Waals surface area contributed by atoms with E-state index in [0.29, 0.717) is 18.8 Å². The molecule has 1 aromatic carbocycles. The third-order valence-electron chi connectivity index (χ3n) is 4.90. The number of amides is 1. The summed E-state index contributed by atoms with van der Waals surface area (Å²) in [6.45, 7) is 6.52. The summed E-state index contributed by atoms with van der Waals surface area (Å²) in [7, 11) is 0. The molecule has 1 atom stereocenters. The summed E-state index contributed by atoms with van der Waals surface area (Å²) in [5, 5.41) is 2.71. The van der Waals surface area contributed by atoms with Crippen LogP contribution in [0.1, 0.15) is 23.0 Å². The quantitative estimate of drug-likeness (QED) is 0.694. The fourth-order valence-corrected chi connectivity index (χ4v) is 4.29. The summed E-state index contributed by atoms with van der Waals surface area (Å²) in [5.41, 5.74) is 4.00. The molecule has 27 heavy (non-hydrogen) atoms. The maximum absolute atomic E-state index is 12.9. The molecule has 3 aromatic rings. The first-order valence-electron chi connectivity index (χ1n) is 9.10. The van der Waals surface area contributed by atoms with Crippen LogP contribution in [0.4, 0.5) is 5.69 Å². The van der Waals surface area contributed by atoms with Crippen molar-refractivity contribution in [3.63, 3.8) is 0 Å². The van der Waals surface area contributed by atoms with Crippen LogP contribution in [-0.4, -0.2) is 46.5 Å². The van der Waals surface area contributed by atoms with E-state index in [4.69, 9.17) is 0 Å². The molecule has 0 bridgehead atoms. The van der Waals surface area contributed by atoms with E-state index in [1.54, 1.807) is 12.4 Å². The summed E-state index contributed by atoms with van der Waals surface area (Å²) < 4.78 is 0. The van der Waals surface area contributed by atoms with Gasteiger partial charge in [-0.2, -0.15) is 0 Å². The van der Waals surface area contributed by atoms with Gasteiger partial charge in [0.2, 0.25) is 0 Å². The molecule has 0 N–H and O–H groups in total. The Hall–Kier alpha value is -2.73. The lowest BCUT2D eigenvalue weighted by molar-refractivity contribution is 0.0721. The number of piperazine rings is 1. The zero-order chi connectivity index (χ0) is 18.8. The van der Waals surface area contributed by atoms with Gasteiger partial charge in [-0.05, 0) is 43.7 Å². The third kappa shape index (κ3) is 3.71. The zero-order valence-electron chi connectivity index (χ0n) is 15.5. The second kappa shape index (κ2) is 7.48. The molecule has 1 saturated heterocycles. The van der Waals surface area contributed by atoms with Crippen LogP contribution in [0.2, 0.25) is 0 Å². The van der Waals surface area contributed by atoms with Gasteiger partial charge in [0.1, 0.15) is 10.7 Å². The number of carbonyl (C=O) groups is 1. The first kappa shape index (κ1) is 17.7. The largest absolute Gasteiger partial charge is 0.365 e. The average Bonchev–Trinajstić information content (AvgIpc) is 3.18. The molecule has 1 aliphatic rings. The summed E-state index contributed by atoms with van der Waals surface area (Å²) in [6.07, 6.45) is 3.48. The maximum atomic E-state index is 12.9. The van der Waals surface area contributed by atoms with Crippen LogP contribution in [-0.2, 0) is 0 Å². The molecule has 2 aromatic heterocycles. The normalized spacial score (nSPS) is 17.2. The van der Waals surface area contributed by atoms with Gasteiger partial charge in [0.25, 0.3) is 5.91 Å². The van der Waals surface area contributed by atoms with E-state index >= 15 is 0 Å². The Balaban J connectivity index is 1.46. The minimum Gasteiger partial charge on any atom is -0.365 e. The van der Waals surface area contributed by atoms with Gasteiger partial charge >= 0.3 is 0 Å². The van der Waals surface area contributed by atoms with Crippen LogP contribution in [0.5, 0.6) is 0 Å². The Kier molecular flexibility index (Phi) is 4.90. The first-order chi connectivity index (χ1) is 13.1. The van der Waals surface area contributed by atoms with Gasteiger partial charge in [-0.15, -0.1) is 11.3 Å². The Morgan fingerprint density at radius 3 is 2.74 bits per heavy atom. The van der Waals surface area contributed by atoms with E-state index < -0.39 is 0 Å². The van der Waals surface area contributed by atoms with Crippen molar-refractivity contribution in [3.8, 4) is 10.6 Å². The van der Waals surface area contributed by atoms with E-state index in [9.17, 15) is 4.79 Å². The van der Waals surface area contributed by atoms with E-state index in [-0.39, 0.29) is 11.9 Å². The SMILES string of the molecule is Cc1cccc(N2CCN(C(=O)c3csc(-c4ccncc4)n3)C[C@@H]2C)c1. The third-order valence-corrected chi connectivity index (χ3v) is 5.79. The molecule has 0 unspecified atom stereocenters. The topological polar surface area (TPSA) is 49.3 Å². The van der Waals surface area contributed by atoms with Crippen molar-refractivity contribution < 1.29 is 4.79 Å². The van der Waals surface area contributed by atoms with Crippen LogP contribution < -0.4 is 4.90 Å². The number of benzene rings is 1. The lowest BCUT2D eigenvalue weighted by atomic mass is 10.1. The second-order valence-electron chi connectivity index (χ2n) is 6.91. The molecular weight excluding hydrogens is 356 g/mol. The monoisotopic (exact) mass is 378 g/mol. The number of nitrogens with zero attached hydrogens (tertiary/aromatic N) is 4. The Morgan fingerprint density at radius 2 is 2.00 bits per heavy atom. The van der Waals surface area contributed by atoms with Crippen molar-refractivity contribution in [3.05, 3.63) is 65.4 Å². The van der Waals surface area contributed by atoms with Gasteiger partial charge in [-0.1, -0.05) is 12.1 Å². The number of hydrogen-bond acceptors (Lipinski definition) is 5. The number of aromatic nitrogens is 2. The van der Waals surface area contributed by atoms with Crippen molar-refractivity contribution in [2.75, 3.05) is 24.5 Å². The van der Waals surface area contributed by atoms with Gasteiger partial charge in [0, 0.05) is 54.7 Å². The molecule has 0 saturated carbocycles. The molecule has 0 spiro atoms. The molecule has 4 rings (SSSR count). The molecular formula is C21H22N4OS. The smallest absolute Gasteiger partial charge is 0.273 e. The number of carbonyl (C=O) groups excluding carboxylic acids is 1. The van der Waals surface area contributed by atoms with Gasteiger partial charge < -0.3 is 9.80 Å². The molecule has 1 aliphatic heterocycles. The molecule has 1 amide bonds. The van der Waals surface area contributed by atoms with Crippen molar-refractivity contribution >= 4 is 22.9 Å². The Labute approximate surface area is 163 Å². The predicted octanol–water partition coefficient (Wildman–Crippen LogP) is 3.86. The number of anilines is 1. The maximum Gasteiger partial charge on any atom is 0.273 e. The minimum atomic E-state index is 0.0160. The van der Waals surface area contributed by atoms with Crippen molar-refractivity contribution in [1.82, 2.24) is 14.9 Å². The summed E-state index contributed by atoms with van der Waals surface area (Å²) >= 11 is 1.50. The van der Waals surface area contributed by atoms with Crippen LogP contribution in [0.3, 0.4) is 0 Å². The van der Waals surface area contributed by atoms with Crippen LogP contribution in [0.25, 0.3) is 10.6 Å². The standard InChI is InChI=1S/C21H22N4OS/c1-15-4-3-5-18(12-15)25-11-10-24(13-16(25)2)21(26)19-14-27-20(23-19)17-6-8-22-9-7-17/h3-9,12,14,16H,10-11,13H2,1-2H3/t16-/m0/s1. The van der Waals surface area contributed by atoms with E-state index in [1.165, 1.54) is 22.6 Å². The fourth-order valence-electron chi connectivity index (χ4n) is 3.49. The summed E-state index contributed by atoms with van der Waals surface area (Å²) in [5.74, 6) is 0.0160. The number of hydrogen-bond donors (Lipinski definition) is 0. The highest BCUT2D eigenvalue weighted by atomic mass is 32.1. The van der Waals surface area contributed by atoms with Crippen LogP contribution in [0.15, 0.2) is 54.2 Å². The molecule has 0 radical (unpaired) electrons. The van der Waals surface area contributed by atoms with Crippen molar-refractivity contribution in [1.29, 1.82) is 0 Å². The zero-order valence-corrected chi connectivity index (χ0v) is 16.3. The molecule has 1 fully saturated rings. The molecule has 6 heteroatoms. The average molecular weight is 379 g/mol. The van der Waals surface area contributed by atoms with Gasteiger partial charge in [-0.25, -0.2) is 4.98 Å².